The zero-order valence-corrected chi connectivity index (χ0v) is 9.87. The number of hydrogen-bond acceptors (Lipinski definition) is 5. The highest BCUT2D eigenvalue weighted by atomic mass is 32.1. The molecule has 2 unspecified atom stereocenters. The summed E-state index contributed by atoms with van der Waals surface area (Å²) in [6, 6.07) is 4.05. The van der Waals surface area contributed by atoms with E-state index in [-0.39, 0.29) is 24.8 Å². The monoisotopic (exact) mass is 242 g/mol. The van der Waals surface area contributed by atoms with E-state index in [1.807, 2.05) is 17.5 Å². The number of ether oxygens (including phenoxy) is 3. The summed E-state index contributed by atoms with van der Waals surface area (Å²) in [5.74, 6) is -0.259. The van der Waals surface area contributed by atoms with Crippen molar-refractivity contribution < 1.29 is 19.0 Å². The minimum absolute atomic E-state index is 0.169. The summed E-state index contributed by atoms with van der Waals surface area (Å²) in [4.78, 5) is 12.3. The molecule has 0 saturated carbocycles. The van der Waals surface area contributed by atoms with Crippen LogP contribution in [0.5, 0.6) is 0 Å². The van der Waals surface area contributed by atoms with E-state index in [4.69, 9.17) is 9.47 Å². The van der Waals surface area contributed by atoms with Gasteiger partial charge in [-0.05, 0) is 11.4 Å². The molecule has 0 spiro atoms. The van der Waals surface area contributed by atoms with E-state index < -0.39 is 0 Å². The fourth-order valence-corrected chi connectivity index (χ4v) is 2.31. The molecule has 1 aliphatic rings. The summed E-state index contributed by atoms with van der Waals surface area (Å²) < 4.78 is 15.6. The van der Waals surface area contributed by atoms with Gasteiger partial charge in [0.25, 0.3) is 0 Å². The first-order valence-electron chi connectivity index (χ1n) is 5.14. The summed E-state index contributed by atoms with van der Waals surface area (Å²) in [7, 11) is 1.38. The minimum atomic E-state index is -0.259. The summed E-state index contributed by atoms with van der Waals surface area (Å²) in [5, 5.41) is 2.02. The fourth-order valence-electron chi connectivity index (χ4n) is 1.58. The lowest BCUT2D eigenvalue weighted by Crippen LogP contribution is -2.18. The van der Waals surface area contributed by atoms with Gasteiger partial charge in [0.2, 0.25) is 0 Å². The highest BCUT2D eigenvalue weighted by Crippen LogP contribution is 2.20. The maximum Gasteiger partial charge on any atom is 0.308 e. The largest absolute Gasteiger partial charge is 0.469 e. The zero-order valence-electron chi connectivity index (χ0n) is 9.05. The van der Waals surface area contributed by atoms with Gasteiger partial charge in [-0.2, -0.15) is 0 Å². The molecule has 1 aliphatic heterocycles. The van der Waals surface area contributed by atoms with Gasteiger partial charge in [0, 0.05) is 11.3 Å². The number of thiophene rings is 1. The maximum atomic E-state index is 11.0. The third kappa shape index (κ3) is 3.04. The summed E-state index contributed by atoms with van der Waals surface area (Å²) >= 11 is 1.68. The lowest BCUT2D eigenvalue weighted by atomic mass is 10.3. The third-order valence-corrected chi connectivity index (χ3v) is 3.28. The molecule has 1 aromatic rings. The Kier molecular flexibility index (Phi) is 3.93. The topological polar surface area (TPSA) is 44.8 Å². The van der Waals surface area contributed by atoms with E-state index in [9.17, 15) is 4.79 Å². The SMILES string of the molecule is COC(=O)CC1COC(Cc2cccs2)O1. The van der Waals surface area contributed by atoms with Crippen LogP contribution < -0.4 is 0 Å². The molecule has 1 fully saturated rings. The van der Waals surface area contributed by atoms with Gasteiger partial charge >= 0.3 is 5.97 Å². The van der Waals surface area contributed by atoms with Gasteiger partial charge in [-0.25, -0.2) is 0 Å². The van der Waals surface area contributed by atoms with E-state index >= 15 is 0 Å². The van der Waals surface area contributed by atoms with Crippen LogP contribution >= 0.6 is 11.3 Å². The highest BCUT2D eigenvalue weighted by Gasteiger charge is 2.28. The van der Waals surface area contributed by atoms with Crippen LogP contribution in [0.2, 0.25) is 0 Å². The molecular weight excluding hydrogens is 228 g/mol. The van der Waals surface area contributed by atoms with Gasteiger partial charge in [0.1, 0.15) is 0 Å². The Morgan fingerprint density at radius 2 is 2.56 bits per heavy atom. The highest BCUT2D eigenvalue weighted by molar-refractivity contribution is 7.09. The van der Waals surface area contributed by atoms with Crippen LogP contribution in [0.25, 0.3) is 0 Å². The standard InChI is InChI=1S/C11H14O4S/c1-13-10(12)5-8-7-14-11(15-8)6-9-3-2-4-16-9/h2-4,8,11H,5-7H2,1H3. The molecule has 0 aliphatic carbocycles. The number of methoxy groups -OCH3 is 1. The lowest BCUT2D eigenvalue weighted by molar-refractivity contribution is -0.143. The van der Waals surface area contributed by atoms with Gasteiger partial charge in [-0.15, -0.1) is 11.3 Å². The molecule has 0 radical (unpaired) electrons. The van der Waals surface area contributed by atoms with Crippen LogP contribution in [0.3, 0.4) is 0 Å². The molecule has 0 aromatic carbocycles. The van der Waals surface area contributed by atoms with Gasteiger partial charge < -0.3 is 14.2 Å². The third-order valence-electron chi connectivity index (χ3n) is 2.38. The van der Waals surface area contributed by atoms with Gasteiger partial charge in [0.05, 0.1) is 26.2 Å². The molecule has 2 heterocycles. The molecule has 5 heteroatoms. The molecule has 4 nitrogen and oxygen atoms in total. The van der Waals surface area contributed by atoms with E-state index in [1.54, 1.807) is 11.3 Å². The van der Waals surface area contributed by atoms with Crippen LogP contribution in [0, 0.1) is 0 Å². The van der Waals surface area contributed by atoms with Crippen molar-refractivity contribution in [2.75, 3.05) is 13.7 Å². The van der Waals surface area contributed by atoms with Crippen LogP contribution in [-0.4, -0.2) is 32.1 Å². The molecule has 1 aromatic heterocycles. The first-order chi connectivity index (χ1) is 7.78. The number of esters is 1. The van der Waals surface area contributed by atoms with Crippen molar-refractivity contribution in [2.45, 2.75) is 25.2 Å². The second-order valence-electron chi connectivity index (χ2n) is 3.58. The van der Waals surface area contributed by atoms with Crippen molar-refractivity contribution in [1.82, 2.24) is 0 Å². The predicted molar refractivity (Wildman–Crippen MR) is 59.3 cm³/mol. The van der Waals surface area contributed by atoms with Crippen molar-refractivity contribution >= 4 is 17.3 Å². The second-order valence-corrected chi connectivity index (χ2v) is 4.62. The molecule has 0 amide bonds. The van der Waals surface area contributed by atoms with Crippen LogP contribution in [-0.2, 0) is 25.4 Å². The smallest absolute Gasteiger partial charge is 0.308 e. The second kappa shape index (κ2) is 5.43. The fraction of sp³-hybridized carbons (Fsp3) is 0.545. The number of carbonyl (C=O) groups is 1. The number of hydrogen-bond donors (Lipinski definition) is 0. The summed E-state index contributed by atoms with van der Waals surface area (Å²) in [6.07, 6.45) is 0.609. The Hall–Kier alpha value is -0.910. The average Bonchev–Trinajstić information content (AvgIpc) is 2.91. The first-order valence-corrected chi connectivity index (χ1v) is 6.02. The van der Waals surface area contributed by atoms with Crippen LogP contribution in [0.1, 0.15) is 11.3 Å². The van der Waals surface area contributed by atoms with Crippen molar-refractivity contribution in [3.63, 3.8) is 0 Å². The molecule has 1 saturated heterocycles. The van der Waals surface area contributed by atoms with Gasteiger partial charge in [-0.1, -0.05) is 6.07 Å². The molecule has 0 N–H and O–H groups in total. The van der Waals surface area contributed by atoms with Crippen molar-refractivity contribution in [3.05, 3.63) is 22.4 Å². The Bertz CT molecular complexity index is 336. The van der Waals surface area contributed by atoms with Crippen molar-refractivity contribution in [1.29, 1.82) is 0 Å². The zero-order chi connectivity index (χ0) is 11.4. The van der Waals surface area contributed by atoms with Gasteiger partial charge in [-0.3, -0.25) is 4.79 Å². The van der Waals surface area contributed by atoms with E-state index in [0.29, 0.717) is 6.61 Å². The van der Waals surface area contributed by atoms with E-state index in [2.05, 4.69) is 4.74 Å². The summed E-state index contributed by atoms with van der Waals surface area (Å²) in [6.45, 7) is 0.463. The van der Waals surface area contributed by atoms with E-state index in [1.165, 1.54) is 12.0 Å². The molecule has 88 valence electrons. The molecule has 2 rings (SSSR count). The van der Waals surface area contributed by atoms with Crippen molar-refractivity contribution in [2.24, 2.45) is 0 Å². The Morgan fingerprint density at radius 3 is 3.25 bits per heavy atom. The first kappa shape index (κ1) is 11.6. The minimum Gasteiger partial charge on any atom is -0.469 e. The lowest BCUT2D eigenvalue weighted by Gasteiger charge is -2.09. The van der Waals surface area contributed by atoms with E-state index in [0.717, 1.165) is 6.42 Å². The normalized spacial score (nSPS) is 24.6. The van der Waals surface area contributed by atoms with Crippen molar-refractivity contribution in [3.8, 4) is 0 Å². The maximum absolute atomic E-state index is 11.0. The quantitative estimate of drug-likeness (QED) is 0.752. The Labute approximate surface area is 98.1 Å². The average molecular weight is 242 g/mol. The molecular formula is C11H14O4S. The predicted octanol–water partition coefficient (Wildman–Crippen LogP) is 1.60. The molecule has 16 heavy (non-hydrogen) atoms. The number of rotatable bonds is 4. The Morgan fingerprint density at radius 1 is 1.69 bits per heavy atom. The number of carbonyl (C=O) groups excluding carboxylic acids is 1. The van der Waals surface area contributed by atoms with Gasteiger partial charge in [0.15, 0.2) is 6.29 Å². The summed E-state index contributed by atoms with van der Waals surface area (Å²) in [5.41, 5.74) is 0. The molecule has 2 atom stereocenters. The van der Waals surface area contributed by atoms with Crippen LogP contribution in [0.15, 0.2) is 17.5 Å². The molecule has 0 bridgehead atoms. The Balaban J connectivity index is 1.77. The van der Waals surface area contributed by atoms with Crippen LogP contribution in [0.4, 0.5) is 0 Å².